The van der Waals surface area contributed by atoms with Crippen LogP contribution in [0, 0.1) is 6.92 Å². The van der Waals surface area contributed by atoms with Crippen LogP contribution in [0.15, 0.2) is 24.3 Å². The lowest BCUT2D eigenvalue weighted by atomic mass is 9.84. The van der Waals surface area contributed by atoms with Gasteiger partial charge in [0.05, 0.1) is 0 Å². The fraction of sp³-hybridized carbons (Fsp3) is 0.579. The molecule has 0 spiro atoms. The molecule has 0 bridgehead atoms. The third-order valence-corrected chi connectivity index (χ3v) is 4.73. The first-order valence-corrected chi connectivity index (χ1v) is 9.82. The van der Waals surface area contributed by atoms with Gasteiger partial charge in [-0.1, -0.05) is 50.6 Å². The molecule has 4 nitrogen and oxygen atoms in total. The number of hydrogen-bond acceptors (Lipinski definition) is 3. The van der Waals surface area contributed by atoms with Crippen LogP contribution in [0.25, 0.3) is 0 Å². The van der Waals surface area contributed by atoms with Crippen LogP contribution in [0.1, 0.15) is 44.7 Å². The van der Waals surface area contributed by atoms with Crippen molar-refractivity contribution in [3.63, 3.8) is 0 Å². The predicted octanol–water partition coefficient (Wildman–Crippen LogP) is 3.04. The Morgan fingerprint density at radius 1 is 1.29 bits per heavy atom. The van der Waals surface area contributed by atoms with Gasteiger partial charge in [-0.3, -0.25) is 9.59 Å². The van der Waals surface area contributed by atoms with Gasteiger partial charge in [0, 0.05) is 18.4 Å². The van der Waals surface area contributed by atoms with Crippen LogP contribution < -0.4 is 10.6 Å². The molecule has 0 radical (unpaired) electrons. The van der Waals surface area contributed by atoms with Crippen LogP contribution in [0.2, 0.25) is 0 Å². The lowest BCUT2D eigenvalue weighted by molar-refractivity contribution is -0.129. The van der Waals surface area contributed by atoms with E-state index in [-0.39, 0.29) is 17.2 Å². The Balaban J connectivity index is 2.70. The van der Waals surface area contributed by atoms with Crippen LogP contribution in [0.4, 0.5) is 0 Å². The van der Waals surface area contributed by atoms with E-state index in [0.717, 1.165) is 5.75 Å². The summed E-state index contributed by atoms with van der Waals surface area (Å²) < 4.78 is 0. The number of carbonyl (C=O) groups is 2. The minimum atomic E-state index is -0.460. The molecule has 1 unspecified atom stereocenters. The number of thioether (sulfide) groups is 1. The highest BCUT2D eigenvalue weighted by molar-refractivity contribution is 7.98. The van der Waals surface area contributed by atoms with Gasteiger partial charge in [-0.05, 0) is 30.9 Å². The quantitative estimate of drug-likeness (QED) is 0.720. The van der Waals surface area contributed by atoms with Gasteiger partial charge in [-0.25, -0.2) is 0 Å². The smallest absolute Gasteiger partial charge is 0.242 e. The van der Waals surface area contributed by atoms with E-state index in [1.54, 1.807) is 18.7 Å². The molecule has 0 saturated heterocycles. The van der Waals surface area contributed by atoms with Crippen LogP contribution in [0.5, 0.6) is 0 Å². The van der Waals surface area contributed by atoms with Crippen LogP contribution >= 0.6 is 11.8 Å². The van der Waals surface area contributed by atoms with Crippen molar-refractivity contribution in [2.75, 3.05) is 18.6 Å². The van der Waals surface area contributed by atoms with Crippen LogP contribution in [-0.4, -0.2) is 36.4 Å². The largest absolute Gasteiger partial charge is 0.353 e. The molecule has 0 aromatic heterocycles. The highest BCUT2D eigenvalue weighted by atomic mass is 32.2. The summed E-state index contributed by atoms with van der Waals surface area (Å²) in [4.78, 5) is 24.2. The molecule has 2 amide bonds. The molecular weight excluding hydrogens is 320 g/mol. The Morgan fingerprint density at radius 3 is 2.58 bits per heavy atom. The molecule has 24 heavy (non-hydrogen) atoms. The van der Waals surface area contributed by atoms with E-state index in [1.165, 1.54) is 11.1 Å². The molecule has 1 aromatic rings. The molecule has 1 rings (SSSR count). The fourth-order valence-electron chi connectivity index (χ4n) is 2.40. The zero-order chi connectivity index (χ0) is 18.2. The van der Waals surface area contributed by atoms with Crippen molar-refractivity contribution >= 4 is 23.6 Å². The number of nitrogens with one attached hydrogen (secondary N) is 2. The Bertz CT molecular complexity index is 558. The summed E-state index contributed by atoms with van der Waals surface area (Å²) in [5.41, 5.74) is 2.24. The topological polar surface area (TPSA) is 58.2 Å². The zero-order valence-corrected chi connectivity index (χ0v) is 16.3. The Hall–Kier alpha value is -1.49. The maximum absolute atomic E-state index is 12.5. The first-order chi connectivity index (χ1) is 11.3. The van der Waals surface area contributed by atoms with Crippen molar-refractivity contribution < 1.29 is 9.59 Å². The summed E-state index contributed by atoms with van der Waals surface area (Å²) >= 11 is 1.67. The van der Waals surface area contributed by atoms with Crippen molar-refractivity contribution in [1.82, 2.24) is 10.6 Å². The number of benzene rings is 1. The Kier molecular flexibility index (Phi) is 8.32. The zero-order valence-electron chi connectivity index (χ0n) is 15.4. The van der Waals surface area contributed by atoms with Gasteiger partial charge < -0.3 is 10.6 Å². The molecule has 0 saturated carbocycles. The third-order valence-electron chi connectivity index (χ3n) is 4.09. The molecule has 5 heteroatoms. The highest BCUT2D eigenvalue weighted by Gasteiger charge is 2.25. The van der Waals surface area contributed by atoms with E-state index in [4.69, 9.17) is 0 Å². The summed E-state index contributed by atoms with van der Waals surface area (Å²) in [5.74, 6) is 0.643. The van der Waals surface area contributed by atoms with Crippen molar-refractivity contribution in [2.24, 2.45) is 0 Å². The molecule has 0 aliphatic rings. The summed E-state index contributed by atoms with van der Waals surface area (Å²) in [5, 5.41) is 5.84. The molecule has 0 fully saturated rings. The van der Waals surface area contributed by atoms with Crippen LogP contribution in [-0.2, 0) is 15.0 Å². The standard InChI is InChI=1S/C19H30N2O2S/c1-6-17(22)21-16(10-11-24-5)18(23)20-13-19(3,4)15-9-7-8-14(2)12-15/h7-9,12,16H,6,10-11,13H2,1-5H3,(H,20,23)(H,21,22). The second-order valence-electron chi connectivity index (χ2n) is 6.73. The maximum Gasteiger partial charge on any atom is 0.242 e. The summed E-state index contributed by atoms with van der Waals surface area (Å²) in [6.07, 6.45) is 3.03. The van der Waals surface area contributed by atoms with E-state index in [2.05, 4.69) is 49.6 Å². The van der Waals surface area contributed by atoms with Gasteiger partial charge in [-0.15, -0.1) is 0 Å². The minimum Gasteiger partial charge on any atom is -0.353 e. The van der Waals surface area contributed by atoms with Crippen LogP contribution in [0.3, 0.4) is 0 Å². The predicted molar refractivity (Wildman–Crippen MR) is 102 cm³/mol. The van der Waals surface area contributed by atoms with E-state index in [9.17, 15) is 9.59 Å². The molecule has 0 aliphatic heterocycles. The van der Waals surface area contributed by atoms with Gasteiger partial charge in [0.15, 0.2) is 0 Å². The van der Waals surface area contributed by atoms with E-state index >= 15 is 0 Å². The average molecular weight is 351 g/mol. The second-order valence-corrected chi connectivity index (χ2v) is 7.71. The molecule has 134 valence electrons. The van der Waals surface area contributed by atoms with Crippen molar-refractivity contribution in [3.8, 4) is 0 Å². The molecule has 2 N–H and O–H groups in total. The Labute approximate surface area is 150 Å². The van der Waals surface area contributed by atoms with Gasteiger partial charge in [0.25, 0.3) is 0 Å². The summed E-state index contributed by atoms with van der Waals surface area (Å²) in [6.45, 7) is 8.62. The lowest BCUT2D eigenvalue weighted by Crippen LogP contribution is -2.49. The number of aryl methyl sites for hydroxylation is 1. The molecular formula is C19H30N2O2S. The second kappa shape index (κ2) is 9.72. The molecule has 0 aliphatic carbocycles. The number of carbonyl (C=O) groups excluding carboxylic acids is 2. The first-order valence-electron chi connectivity index (χ1n) is 8.43. The van der Waals surface area contributed by atoms with Crippen molar-refractivity contribution in [2.45, 2.75) is 52.0 Å². The normalized spacial score (nSPS) is 12.5. The first kappa shape index (κ1) is 20.6. The number of amides is 2. The SMILES string of the molecule is CCC(=O)NC(CCSC)C(=O)NCC(C)(C)c1cccc(C)c1. The van der Waals surface area contributed by atoms with Crippen molar-refractivity contribution in [3.05, 3.63) is 35.4 Å². The van der Waals surface area contributed by atoms with Gasteiger partial charge in [-0.2, -0.15) is 11.8 Å². The maximum atomic E-state index is 12.5. The average Bonchev–Trinajstić information content (AvgIpc) is 2.56. The fourth-order valence-corrected chi connectivity index (χ4v) is 2.87. The molecule has 0 heterocycles. The van der Waals surface area contributed by atoms with E-state index in [1.807, 2.05) is 12.3 Å². The van der Waals surface area contributed by atoms with Gasteiger partial charge in [0.1, 0.15) is 6.04 Å². The summed E-state index contributed by atoms with van der Waals surface area (Å²) in [7, 11) is 0. The lowest BCUT2D eigenvalue weighted by Gasteiger charge is -2.27. The van der Waals surface area contributed by atoms with E-state index in [0.29, 0.717) is 19.4 Å². The van der Waals surface area contributed by atoms with E-state index < -0.39 is 6.04 Å². The molecule has 1 aromatic carbocycles. The highest BCUT2D eigenvalue weighted by Crippen LogP contribution is 2.23. The van der Waals surface area contributed by atoms with Gasteiger partial charge >= 0.3 is 0 Å². The number of rotatable bonds is 9. The third kappa shape index (κ3) is 6.56. The number of hydrogen-bond donors (Lipinski definition) is 2. The van der Waals surface area contributed by atoms with Gasteiger partial charge in [0.2, 0.25) is 11.8 Å². The minimum absolute atomic E-state index is 0.0887. The summed E-state index contributed by atoms with van der Waals surface area (Å²) in [6, 6.07) is 7.88. The van der Waals surface area contributed by atoms with Crippen molar-refractivity contribution in [1.29, 1.82) is 0 Å². The molecule has 1 atom stereocenters. The monoisotopic (exact) mass is 350 g/mol. The Morgan fingerprint density at radius 2 is 2.00 bits per heavy atom.